The molecule has 12 heavy (non-hydrogen) atoms. The zero-order chi connectivity index (χ0) is 9.56. The van der Waals surface area contributed by atoms with Crippen molar-refractivity contribution in [2.75, 3.05) is 53.6 Å². The van der Waals surface area contributed by atoms with Gasteiger partial charge in [-0.1, -0.05) is 4.57 Å². The summed E-state index contributed by atoms with van der Waals surface area (Å²) in [6, 6.07) is 0. The quantitative estimate of drug-likeness (QED) is 0.584. The lowest BCUT2D eigenvalue weighted by molar-refractivity contribution is 0.425. The molecule has 0 N–H and O–H groups in total. The first kappa shape index (κ1) is 12.0. The maximum Gasteiger partial charge on any atom is 0.341 e. The summed E-state index contributed by atoms with van der Waals surface area (Å²) in [6.07, 6.45) is 1.66. The van der Waals surface area contributed by atoms with E-state index in [9.17, 15) is 4.57 Å². The summed E-state index contributed by atoms with van der Waals surface area (Å²) < 4.78 is 11.3. The van der Waals surface area contributed by atoms with E-state index in [0.29, 0.717) is 0 Å². The molecule has 0 heterocycles. The molecule has 0 amide bonds. The van der Waals surface area contributed by atoms with Crippen molar-refractivity contribution in [1.82, 2.24) is 9.80 Å². The van der Waals surface area contributed by atoms with Crippen LogP contribution in [-0.2, 0) is 4.57 Å². The minimum atomic E-state index is -0.979. The molecule has 0 aliphatic heterocycles. The molecule has 0 unspecified atom stereocenters. The third-order valence-corrected chi connectivity index (χ3v) is 2.99. The van der Waals surface area contributed by atoms with E-state index in [0.717, 1.165) is 25.4 Å². The second kappa shape index (κ2) is 6.53. The molecule has 0 aliphatic carbocycles. The minimum Gasteiger partial charge on any atom is -0.305 e. The van der Waals surface area contributed by atoms with Gasteiger partial charge < -0.3 is 9.80 Å². The fourth-order valence-electron chi connectivity index (χ4n) is 0.735. The van der Waals surface area contributed by atoms with Crippen LogP contribution in [0.5, 0.6) is 0 Å². The first-order valence-electron chi connectivity index (χ1n) is 4.24. The molecular formula is C8H20N2OP+. The monoisotopic (exact) mass is 191 g/mol. The Morgan fingerprint density at radius 3 is 1.50 bits per heavy atom. The fourth-order valence-corrected chi connectivity index (χ4v) is 2.20. The second-order valence-corrected chi connectivity index (χ2v) is 5.39. The Morgan fingerprint density at radius 2 is 1.25 bits per heavy atom. The van der Waals surface area contributed by atoms with Gasteiger partial charge in [0.05, 0.1) is 0 Å². The SMILES string of the molecule is CN(C)CC[P+](=O)CCN(C)C. The van der Waals surface area contributed by atoms with Crippen molar-refractivity contribution in [3.8, 4) is 0 Å². The Bertz CT molecular complexity index is 123. The number of rotatable bonds is 6. The molecule has 3 nitrogen and oxygen atoms in total. The zero-order valence-corrected chi connectivity index (χ0v) is 9.47. The van der Waals surface area contributed by atoms with Crippen molar-refractivity contribution >= 4 is 7.80 Å². The largest absolute Gasteiger partial charge is 0.341 e. The Labute approximate surface area is 76.5 Å². The van der Waals surface area contributed by atoms with Crippen molar-refractivity contribution in [3.05, 3.63) is 0 Å². The maximum atomic E-state index is 11.3. The molecule has 0 bridgehead atoms. The maximum absolute atomic E-state index is 11.3. The van der Waals surface area contributed by atoms with E-state index in [1.165, 1.54) is 0 Å². The Hall–Kier alpha value is 0.0200. The van der Waals surface area contributed by atoms with Gasteiger partial charge in [0.1, 0.15) is 0 Å². The van der Waals surface area contributed by atoms with Gasteiger partial charge >= 0.3 is 7.80 Å². The first-order chi connectivity index (χ1) is 5.52. The highest BCUT2D eigenvalue weighted by atomic mass is 31.1. The Kier molecular flexibility index (Phi) is 6.54. The molecule has 0 aliphatic rings. The highest BCUT2D eigenvalue weighted by Crippen LogP contribution is 2.18. The molecule has 4 heteroatoms. The first-order valence-corrected chi connectivity index (χ1v) is 5.87. The summed E-state index contributed by atoms with van der Waals surface area (Å²) in [6.45, 7) is 1.87. The number of hydrogen-bond acceptors (Lipinski definition) is 3. The molecule has 0 saturated heterocycles. The van der Waals surface area contributed by atoms with E-state index in [4.69, 9.17) is 0 Å². The summed E-state index contributed by atoms with van der Waals surface area (Å²) in [5.74, 6) is 0. The van der Waals surface area contributed by atoms with Crippen LogP contribution in [-0.4, -0.2) is 63.4 Å². The molecule has 0 rings (SSSR count). The third kappa shape index (κ3) is 8.12. The van der Waals surface area contributed by atoms with Gasteiger partial charge in [0.15, 0.2) is 12.3 Å². The van der Waals surface area contributed by atoms with Gasteiger partial charge in [0.2, 0.25) is 0 Å². The predicted octanol–water partition coefficient (Wildman–Crippen LogP) is 0.937. The van der Waals surface area contributed by atoms with Gasteiger partial charge in [-0.15, -0.1) is 0 Å². The lowest BCUT2D eigenvalue weighted by Crippen LogP contribution is -2.18. The summed E-state index contributed by atoms with van der Waals surface area (Å²) in [7, 11) is 7.06. The number of hydrogen-bond donors (Lipinski definition) is 0. The minimum absolute atomic E-state index is 0.830. The lowest BCUT2D eigenvalue weighted by atomic mass is 10.7. The van der Waals surface area contributed by atoms with Crippen LogP contribution in [0, 0.1) is 0 Å². The third-order valence-electron chi connectivity index (χ3n) is 1.59. The van der Waals surface area contributed by atoms with E-state index in [1.54, 1.807) is 0 Å². The van der Waals surface area contributed by atoms with Gasteiger partial charge in [-0.3, -0.25) is 0 Å². The van der Waals surface area contributed by atoms with Crippen molar-refractivity contribution in [2.45, 2.75) is 0 Å². The van der Waals surface area contributed by atoms with Gasteiger partial charge in [0, 0.05) is 13.1 Å². The number of nitrogens with zero attached hydrogens (tertiary/aromatic N) is 2. The van der Waals surface area contributed by atoms with E-state index in [1.807, 2.05) is 28.2 Å². The van der Waals surface area contributed by atoms with Crippen molar-refractivity contribution in [2.24, 2.45) is 0 Å². The van der Waals surface area contributed by atoms with E-state index in [-0.39, 0.29) is 0 Å². The van der Waals surface area contributed by atoms with Crippen LogP contribution in [0.1, 0.15) is 0 Å². The van der Waals surface area contributed by atoms with Crippen LogP contribution in [0.4, 0.5) is 0 Å². The highest BCUT2D eigenvalue weighted by molar-refractivity contribution is 7.44. The van der Waals surface area contributed by atoms with E-state index in [2.05, 4.69) is 9.80 Å². The molecule has 0 fully saturated rings. The normalized spacial score (nSPS) is 11.2. The molecule has 0 radical (unpaired) electrons. The summed E-state index contributed by atoms with van der Waals surface area (Å²) in [5.41, 5.74) is 0. The van der Waals surface area contributed by atoms with E-state index >= 15 is 0 Å². The molecule has 0 saturated carbocycles. The van der Waals surface area contributed by atoms with Crippen molar-refractivity contribution < 1.29 is 4.57 Å². The molecule has 0 aromatic carbocycles. The van der Waals surface area contributed by atoms with Crippen molar-refractivity contribution in [3.63, 3.8) is 0 Å². The highest BCUT2D eigenvalue weighted by Gasteiger charge is 2.14. The molecule has 0 aromatic rings. The van der Waals surface area contributed by atoms with Crippen LogP contribution < -0.4 is 0 Å². The van der Waals surface area contributed by atoms with E-state index < -0.39 is 7.80 Å². The van der Waals surface area contributed by atoms with Crippen molar-refractivity contribution in [1.29, 1.82) is 0 Å². The Balaban J connectivity index is 3.34. The van der Waals surface area contributed by atoms with Crippen LogP contribution in [0.2, 0.25) is 0 Å². The summed E-state index contributed by atoms with van der Waals surface area (Å²) in [5, 5.41) is 0. The topological polar surface area (TPSA) is 23.6 Å². The van der Waals surface area contributed by atoms with Gasteiger partial charge in [-0.2, -0.15) is 0 Å². The van der Waals surface area contributed by atoms with Gasteiger partial charge in [-0.25, -0.2) is 0 Å². The zero-order valence-electron chi connectivity index (χ0n) is 8.58. The lowest BCUT2D eigenvalue weighted by Gasteiger charge is -2.05. The molecule has 72 valence electrons. The second-order valence-electron chi connectivity index (χ2n) is 3.54. The van der Waals surface area contributed by atoms with Crippen LogP contribution in [0.25, 0.3) is 0 Å². The average molecular weight is 191 g/mol. The molecule has 0 spiro atoms. The van der Waals surface area contributed by atoms with Crippen LogP contribution >= 0.6 is 7.80 Å². The smallest absolute Gasteiger partial charge is 0.305 e. The van der Waals surface area contributed by atoms with Gasteiger partial charge in [-0.05, 0) is 28.2 Å². The van der Waals surface area contributed by atoms with Crippen LogP contribution in [0.3, 0.4) is 0 Å². The molecular weight excluding hydrogens is 171 g/mol. The Morgan fingerprint density at radius 1 is 0.917 bits per heavy atom. The summed E-state index contributed by atoms with van der Waals surface area (Å²) >= 11 is 0. The molecule has 0 aromatic heterocycles. The summed E-state index contributed by atoms with van der Waals surface area (Å²) in [4.78, 5) is 4.14. The standard InChI is InChI=1S/C8H20N2OP/c1-9(2)5-7-12(11)8-6-10(3)4/h5-8H2,1-4H3/q+1. The fraction of sp³-hybridized carbons (Fsp3) is 1.00. The van der Waals surface area contributed by atoms with Gasteiger partial charge in [0.25, 0.3) is 0 Å². The van der Waals surface area contributed by atoms with Crippen LogP contribution in [0.15, 0.2) is 0 Å². The predicted molar refractivity (Wildman–Crippen MR) is 54.4 cm³/mol. The molecule has 0 atom stereocenters. The average Bonchev–Trinajstić information content (AvgIpc) is 1.96.